The van der Waals surface area contributed by atoms with Crippen LogP contribution in [0.25, 0.3) is 0 Å². The number of rotatable bonds is 4. The Morgan fingerprint density at radius 2 is 2.24 bits per heavy atom. The predicted octanol–water partition coefficient (Wildman–Crippen LogP) is 1.49. The Kier molecular flexibility index (Phi) is 3.05. The maximum atomic E-state index is 11.2. The lowest BCUT2D eigenvalue weighted by atomic mass is 9.93. The number of hydrogen-bond donors (Lipinski definition) is 2. The zero-order valence-corrected chi connectivity index (χ0v) is 10.4. The molecule has 92 valence electrons. The van der Waals surface area contributed by atoms with E-state index in [4.69, 9.17) is 5.73 Å². The minimum atomic E-state index is -0.555. The number of pyridine rings is 1. The molecule has 1 aromatic rings. The molecule has 3 N–H and O–H groups in total. The van der Waals surface area contributed by atoms with Crippen LogP contribution < -0.4 is 11.1 Å². The molecule has 1 amide bonds. The molecule has 1 aliphatic rings. The molecule has 0 bridgehead atoms. The number of aryl methyl sites for hydroxylation is 2. The van der Waals surface area contributed by atoms with Crippen molar-refractivity contribution in [2.75, 3.05) is 11.9 Å². The summed E-state index contributed by atoms with van der Waals surface area (Å²) in [5, 5.41) is 3.18. The second-order valence-electron chi connectivity index (χ2n) is 5.26. The summed E-state index contributed by atoms with van der Waals surface area (Å²) >= 11 is 0. The van der Waals surface area contributed by atoms with Gasteiger partial charge in [0.2, 0.25) is 5.91 Å². The van der Waals surface area contributed by atoms with Gasteiger partial charge in [0.05, 0.1) is 5.41 Å². The fourth-order valence-corrected chi connectivity index (χ4v) is 1.92. The molecule has 0 atom stereocenters. The van der Waals surface area contributed by atoms with Crippen molar-refractivity contribution in [1.29, 1.82) is 0 Å². The molecule has 1 aromatic heterocycles. The topological polar surface area (TPSA) is 68.0 Å². The number of amides is 1. The predicted molar refractivity (Wildman–Crippen MR) is 67.7 cm³/mol. The van der Waals surface area contributed by atoms with Crippen molar-refractivity contribution in [3.8, 4) is 0 Å². The number of primary amides is 1. The van der Waals surface area contributed by atoms with E-state index < -0.39 is 5.41 Å². The van der Waals surface area contributed by atoms with Crippen LogP contribution in [0.4, 0.5) is 5.82 Å². The van der Waals surface area contributed by atoms with E-state index in [1.807, 2.05) is 19.9 Å². The first-order valence-corrected chi connectivity index (χ1v) is 6.01. The summed E-state index contributed by atoms with van der Waals surface area (Å²) in [4.78, 5) is 15.7. The van der Waals surface area contributed by atoms with Gasteiger partial charge in [-0.2, -0.15) is 0 Å². The summed E-state index contributed by atoms with van der Waals surface area (Å²) in [7, 11) is 0. The molecular weight excluding hydrogens is 214 g/mol. The van der Waals surface area contributed by atoms with Crippen LogP contribution in [0, 0.1) is 5.41 Å². The summed E-state index contributed by atoms with van der Waals surface area (Å²) in [6.45, 7) is 4.17. The van der Waals surface area contributed by atoms with Gasteiger partial charge in [-0.15, -0.1) is 0 Å². The van der Waals surface area contributed by atoms with Crippen molar-refractivity contribution in [3.63, 3.8) is 0 Å². The third kappa shape index (κ3) is 2.57. The van der Waals surface area contributed by atoms with Crippen molar-refractivity contribution in [2.45, 2.75) is 33.1 Å². The second-order valence-corrected chi connectivity index (χ2v) is 5.26. The van der Waals surface area contributed by atoms with E-state index in [1.165, 1.54) is 17.7 Å². The average Bonchev–Trinajstić information content (AvgIpc) is 2.73. The number of carbonyl (C=O) groups excluding carboxylic acids is 1. The number of carbonyl (C=O) groups is 1. The van der Waals surface area contributed by atoms with E-state index >= 15 is 0 Å². The third-order valence-electron chi connectivity index (χ3n) is 3.31. The summed E-state index contributed by atoms with van der Waals surface area (Å²) < 4.78 is 0. The van der Waals surface area contributed by atoms with Gasteiger partial charge in [-0.05, 0) is 44.7 Å². The van der Waals surface area contributed by atoms with Crippen LogP contribution in [0.1, 0.15) is 31.5 Å². The van der Waals surface area contributed by atoms with Crippen molar-refractivity contribution in [2.24, 2.45) is 11.1 Å². The third-order valence-corrected chi connectivity index (χ3v) is 3.31. The number of nitrogens with zero attached hydrogens (tertiary/aromatic N) is 1. The fraction of sp³-hybridized carbons (Fsp3) is 0.538. The van der Waals surface area contributed by atoms with Gasteiger partial charge in [0.25, 0.3) is 0 Å². The van der Waals surface area contributed by atoms with E-state index in [1.54, 1.807) is 0 Å². The molecule has 0 fully saturated rings. The van der Waals surface area contributed by atoms with Gasteiger partial charge in [0.1, 0.15) is 5.82 Å². The van der Waals surface area contributed by atoms with Gasteiger partial charge in [-0.1, -0.05) is 6.07 Å². The highest BCUT2D eigenvalue weighted by Gasteiger charge is 2.24. The maximum absolute atomic E-state index is 11.2. The van der Waals surface area contributed by atoms with Gasteiger partial charge < -0.3 is 11.1 Å². The van der Waals surface area contributed by atoms with Crippen molar-refractivity contribution >= 4 is 11.7 Å². The standard InChI is InChI=1S/C13H19N3O/c1-13(2,12(14)17)8-15-11-7-6-9-4-3-5-10(9)16-11/h6-7H,3-5,8H2,1-2H3,(H2,14,17)(H,15,16). The van der Waals surface area contributed by atoms with Gasteiger partial charge in [-0.3, -0.25) is 4.79 Å². The molecule has 0 aromatic carbocycles. The normalized spacial score (nSPS) is 14.5. The molecular formula is C13H19N3O. The zero-order valence-electron chi connectivity index (χ0n) is 10.4. The van der Waals surface area contributed by atoms with Gasteiger partial charge in [0.15, 0.2) is 0 Å². The number of hydrogen-bond acceptors (Lipinski definition) is 3. The Hall–Kier alpha value is -1.58. The monoisotopic (exact) mass is 233 g/mol. The molecule has 1 aliphatic carbocycles. The Morgan fingerprint density at radius 1 is 1.47 bits per heavy atom. The molecule has 0 radical (unpaired) electrons. The highest BCUT2D eigenvalue weighted by Crippen LogP contribution is 2.22. The zero-order chi connectivity index (χ0) is 12.5. The van der Waals surface area contributed by atoms with E-state index in [2.05, 4.69) is 16.4 Å². The average molecular weight is 233 g/mol. The molecule has 0 unspecified atom stereocenters. The van der Waals surface area contributed by atoms with Crippen LogP contribution in [-0.2, 0) is 17.6 Å². The Labute approximate surface area is 102 Å². The smallest absolute Gasteiger partial charge is 0.224 e. The number of aromatic nitrogens is 1. The summed E-state index contributed by atoms with van der Waals surface area (Å²) in [5.74, 6) is 0.533. The van der Waals surface area contributed by atoms with Crippen molar-refractivity contribution < 1.29 is 4.79 Å². The number of nitrogens with two attached hydrogens (primary N) is 1. The highest BCUT2D eigenvalue weighted by molar-refractivity contribution is 5.80. The number of nitrogens with one attached hydrogen (secondary N) is 1. The lowest BCUT2D eigenvalue weighted by Gasteiger charge is -2.21. The molecule has 4 heteroatoms. The van der Waals surface area contributed by atoms with Gasteiger partial charge in [0, 0.05) is 12.2 Å². The summed E-state index contributed by atoms with van der Waals surface area (Å²) in [5.41, 5.74) is 7.31. The molecule has 4 nitrogen and oxygen atoms in total. The van der Waals surface area contributed by atoms with Crippen molar-refractivity contribution in [1.82, 2.24) is 4.98 Å². The van der Waals surface area contributed by atoms with Crippen LogP contribution in [0.2, 0.25) is 0 Å². The quantitative estimate of drug-likeness (QED) is 0.828. The molecule has 0 spiro atoms. The highest BCUT2D eigenvalue weighted by atomic mass is 16.1. The number of anilines is 1. The van der Waals surface area contributed by atoms with Crippen LogP contribution in [-0.4, -0.2) is 17.4 Å². The van der Waals surface area contributed by atoms with E-state index in [0.29, 0.717) is 6.54 Å². The van der Waals surface area contributed by atoms with E-state index in [0.717, 1.165) is 18.7 Å². The van der Waals surface area contributed by atoms with E-state index in [9.17, 15) is 4.79 Å². The maximum Gasteiger partial charge on any atom is 0.224 e. The Morgan fingerprint density at radius 3 is 2.94 bits per heavy atom. The minimum Gasteiger partial charge on any atom is -0.369 e. The lowest BCUT2D eigenvalue weighted by Crippen LogP contribution is -2.37. The number of fused-ring (bicyclic) bond motifs is 1. The first kappa shape index (κ1) is 11.9. The molecule has 0 saturated carbocycles. The van der Waals surface area contributed by atoms with Crippen LogP contribution in [0.15, 0.2) is 12.1 Å². The fourth-order valence-electron chi connectivity index (χ4n) is 1.92. The first-order valence-electron chi connectivity index (χ1n) is 6.01. The molecule has 17 heavy (non-hydrogen) atoms. The molecule has 0 aliphatic heterocycles. The first-order chi connectivity index (χ1) is 7.99. The molecule has 1 heterocycles. The molecule has 2 rings (SSSR count). The minimum absolute atomic E-state index is 0.300. The second kappa shape index (κ2) is 4.35. The lowest BCUT2D eigenvalue weighted by molar-refractivity contribution is -0.125. The van der Waals surface area contributed by atoms with Crippen LogP contribution in [0.3, 0.4) is 0 Å². The van der Waals surface area contributed by atoms with Crippen LogP contribution >= 0.6 is 0 Å². The summed E-state index contributed by atoms with van der Waals surface area (Å²) in [6.07, 6.45) is 3.39. The van der Waals surface area contributed by atoms with Crippen molar-refractivity contribution in [3.05, 3.63) is 23.4 Å². The Bertz CT molecular complexity index is 440. The summed E-state index contributed by atoms with van der Waals surface area (Å²) in [6, 6.07) is 4.09. The molecule has 0 saturated heterocycles. The van der Waals surface area contributed by atoms with Gasteiger partial charge >= 0.3 is 0 Å². The Balaban J connectivity index is 2.03. The van der Waals surface area contributed by atoms with E-state index in [-0.39, 0.29) is 5.91 Å². The SMILES string of the molecule is CC(C)(CNc1ccc2c(n1)CCC2)C(N)=O. The van der Waals surface area contributed by atoms with Crippen LogP contribution in [0.5, 0.6) is 0 Å². The van der Waals surface area contributed by atoms with Gasteiger partial charge in [-0.25, -0.2) is 4.98 Å². The largest absolute Gasteiger partial charge is 0.369 e.